The maximum absolute atomic E-state index is 4.69. The van der Waals surface area contributed by atoms with Crippen LogP contribution in [0.5, 0.6) is 0 Å². The molecule has 0 aromatic heterocycles. The highest BCUT2D eigenvalue weighted by molar-refractivity contribution is 8.14. The van der Waals surface area contributed by atoms with E-state index in [9.17, 15) is 0 Å². The topological polar surface area (TPSA) is 27.6 Å². The van der Waals surface area contributed by atoms with E-state index in [-0.39, 0.29) is 0 Å². The molecule has 2 heterocycles. The number of hydrogen-bond donors (Lipinski definition) is 1. The van der Waals surface area contributed by atoms with E-state index in [4.69, 9.17) is 4.99 Å². The lowest BCUT2D eigenvalue weighted by molar-refractivity contribution is 0.311. The Kier molecular flexibility index (Phi) is 6.18. The molecule has 2 rings (SSSR count). The Morgan fingerprint density at radius 1 is 1.39 bits per heavy atom. The zero-order valence-corrected chi connectivity index (χ0v) is 13.2. The minimum atomic E-state index is 0.639. The lowest BCUT2D eigenvalue weighted by Crippen LogP contribution is -2.35. The smallest absolute Gasteiger partial charge is 0.156 e. The molecular weight excluding hydrogens is 262 g/mol. The van der Waals surface area contributed by atoms with E-state index in [1.165, 1.54) is 41.9 Å². The summed E-state index contributed by atoms with van der Waals surface area (Å²) in [6.07, 6.45) is 1.26. The largest absolute Gasteiger partial charge is 0.361 e. The first-order valence-corrected chi connectivity index (χ1v) is 9.12. The summed E-state index contributed by atoms with van der Waals surface area (Å²) in [5.41, 5.74) is 0. The lowest BCUT2D eigenvalue weighted by atomic mass is 10.1. The quantitative estimate of drug-likeness (QED) is 0.838. The number of rotatable bonds is 5. The molecule has 1 N–H and O–H groups in total. The van der Waals surface area contributed by atoms with Crippen LogP contribution in [0.3, 0.4) is 0 Å². The van der Waals surface area contributed by atoms with E-state index in [1.807, 2.05) is 11.8 Å². The molecule has 0 spiro atoms. The van der Waals surface area contributed by atoms with E-state index >= 15 is 0 Å². The Morgan fingerprint density at radius 3 is 2.89 bits per heavy atom. The summed E-state index contributed by atoms with van der Waals surface area (Å²) >= 11 is 3.96. The van der Waals surface area contributed by atoms with E-state index in [0.717, 1.165) is 19.0 Å². The molecule has 2 aliphatic heterocycles. The van der Waals surface area contributed by atoms with Gasteiger partial charge in [0.1, 0.15) is 0 Å². The zero-order chi connectivity index (χ0) is 12.8. The summed E-state index contributed by atoms with van der Waals surface area (Å²) in [5, 5.41) is 4.72. The maximum atomic E-state index is 4.69. The molecule has 5 heteroatoms. The van der Waals surface area contributed by atoms with Gasteiger partial charge in [0.2, 0.25) is 0 Å². The Labute approximate surface area is 120 Å². The van der Waals surface area contributed by atoms with Crippen molar-refractivity contribution in [3.8, 4) is 0 Å². The van der Waals surface area contributed by atoms with Gasteiger partial charge in [-0.05, 0) is 12.3 Å². The molecule has 2 aliphatic rings. The van der Waals surface area contributed by atoms with E-state index in [1.54, 1.807) is 0 Å². The minimum absolute atomic E-state index is 0.639. The summed E-state index contributed by atoms with van der Waals surface area (Å²) < 4.78 is 0. The van der Waals surface area contributed by atoms with Crippen molar-refractivity contribution in [3.05, 3.63) is 0 Å². The third-order valence-corrected chi connectivity index (χ3v) is 5.31. The molecule has 0 radical (unpaired) electrons. The minimum Gasteiger partial charge on any atom is -0.361 e. The van der Waals surface area contributed by atoms with Gasteiger partial charge in [-0.3, -0.25) is 9.89 Å². The van der Waals surface area contributed by atoms with Gasteiger partial charge < -0.3 is 5.32 Å². The van der Waals surface area contributed by atoms with Gasteiger partial charge in [0.05, 0.1) is 6.54 Å². The average Bonchev–Trinajstić information content (AvgIpc) is 2.77. The second-order valence-corrected chi connectivity index (χ2v) is 7.66. The molecule has 1 atom stereocenters. The van der Waals surface area contributed by atoms with E-state index in [2.05, 4.69) is 35.8 Å². The fourth-order valence-electron chi connectivity index (χ4n) is 2.34. The first-order chi connectivity index (χ1) is 8.74. The van der Waals surface area contributed by atoms with Crippen molar-refractivity contribution in [2.45, 2.75) is 26.3 Å². The molecule has 18 heavy (non-hydrogen) atoms. The van der Waals surface area contributed by atoms with Gasteiger partial charge in [-0.25, -0.2) is 0 Å². The van der Waals surface area contributed by atoms with Crippen LogP contribution in [-0.2, 0) is 0 Å². The first-order valence-electron chi connectivity index (χ1n) is 6.98. The molecule has 0 aromatic rings. The fourth-order valence-corrected chi connectivity index (χ4v) is 4.33. The highest BCUT2D eigenvalue weighted by Gasteiger charge is 2.20. The van der Waals surface area contributed by atoms with Gasteiger partial charge in [-0.2, -0.15) is 11.8 Å². The van der Waals surface area contributed by atoms with Crippen LogP contribution in [0.2, 0.25) is 0 Å². The summed E-state index contributed by atoms with van der Waals surface area (Å²) in [5.74, 6) is 4.55. The van der Waals surface area contributed by atoms with Gasteiger partial charge in [-0.1, -0.05) is 25.6 Å². The first kappa shape index (κ1) is 14.5. The molecule has 1 unspecified atom stereocenters. The van der Waals surface area contributed by atoms with Crippen molar-refractivity contribution >= 4 is 28.7 Å². The molecule has 3 nitrogen and oxygen atoms in total. The van der Waals surface area contributed by atoms with Crippen molar-refractivity contribution in [2.24, 2.45) is 10.9 Å². The number of nitrogens with zero attached hydrogens (tertiary/aromatic N) is 2. The molecular formula is C13H25N3S2. The monoisotopic (exact) mass is 287 g/mol. The molecule has 2 saturated heterocycles. The van der Waals surface area contributed by atoms with Gasteiger partial charge in [-0.15, -0.1) is 0 Å². The van der Waals surface area contributed by atoms with Crippen molar-refractivity contribution in [2.75, 3.05) is 43.4 Å². The van der Waals surface area contributed by atoms with Crippen molar-refractivity contribution in [3.63, 3.8) is 0 Å². The summed E-state index contributed by atoms with van der Waals surface area (Å²) in [7, 11) is 0. The van der Waals surface area contributed by atoms with Gasteiger partial charge >= 0.3 is 0 Å². The van der Waals surface area contributed by atoms with Crippen LogP contribution in [0, 0.1) is 5.92 Å². The number of thioether (sulfide) groups is 2. The second-order valence-electron chi connectivity index (χ2n) is 5.42. The fraction of sp³-hybridized carbons (Fsp3) is 0.923. The van der Waals surface area contributed by atoms with Gasteiger partial charge in [0.25, 0.3) is 0 Å². The molecule has 2 fully saturated rings. The molecule has 0 aromatic carbocycles. The van der Waals surface area contributed by atoms with Gasteiger partial charge in [0, 0.05) is 42.9 Å². The number of hydrogen-bond acceptors (Lipinski definition) is 4. The number of aliphatic imine (C=N–C) groups is 1. The van der Waals surface area contributed by atoms with Crippen LogP contribution >= 0.6 is 23.5 Å². The Balaban J connectivity index is 1.64. The van der Waals surface area contributed by atoms with Crippen LogP contribution in [0.1, 0.15) is 20.3 Å². The Morgan fingerprint density at radius 2 is 2.17 bits per heavy atom. The SMILES string of the molecule is CC(C)CC1CSC(=NCCN2CCSCC2)N1. The molecule has 104 valence electrons. The second kappa shape index (κ2) is 7.65. The number of amidine groups is 1. The van der Waals surface area contributed by atoms with Crippen molar-refractivity contribution in [1.82, 2.24) is 10.2 Å². The Bertz CT molecular complexity index is 275. The predicted octanol–water partition coefficient (Wildman–Crippen LogP) is 2.14. The maximum Gasteiger partial charge on any atom is 0.156 e. The summed E-state index contributed by atoms with van der Waals surface area (Å²) in [6, 6.07) is 0.639. The van der Waals surface area contributed by atoms with Crippen LogP contribution < -0.4 is 5.32 Å². The molecule has 0 aliphatic carbocycles. The van der Waals surface area contributed by atoms with Crippen LogP contribution in [0.25, 0.3) is 0 Å². The van der Waals surface area contributed by atoms with E-state index < -0.39 is 0 Å². The molecule has 0 bridgehead atoms. The standard InChI is InChI=1S/C13H25N3S2/c1-11(2)9-12-10-18-13(15-12)14-3-4-16-5-7-17-8-6-16/h11-12H,3-10H2,1-2H3,(H,14,15). The molecule has 0 amide bonds. The summed E-state index contributed by atoms with van der Waals surface area (Å²) in [4.78, 5) is 7.23. The van der Waals surface area contributed by atoms with Crippen molar-refractivity contribution < 1.29 is 0 Å². The Hall–Kier alpha value is 0.130. The van der Waals surface area contributed by atoms with E-state index in [0.29, 0.717) is 6.04 Å². The summed E-state index contributed by atoms with van der Waals surface area (Å²) in [6.45, 7) is 9.14. The van der Waals surface area contributed by atoms with Crippen LogP contribution in [0.15, 0.2) is 4.99 Å². The van der Waals surface area contributed by atoms with Gasteiger partial charge in [0.15, 0.2) is 5.17 Å². The normalized spacial score (nSPS) is 27.9. The predicted molar refractivity (Wildman–Crippen MR) is 84.9 cm³/mol. The highest BCUT2D eigenvalue weighted by Crippen LogP contribution is 2.19. The lowest BCUT2D eigenvalue weighted by Gasteiger charge is -2.25. The van der Waals surface area contributed by atoms with Crippen LogP contribution in [-0.4, -0.2) is 59.5 Å². The molecule has 0 saturated carbocycles. The zero-order valence-electron chi connectivity index (χ0n) is 11.5. The third-order valence-electron chi connectivity index (χ3n) is 3.28. The van der Waals surface area contributed by atoms with Crippen molar-refractivity contribution in [1.29, 1.82) is 0 Å². The average molecular weight is 287 g/mol. The third kappa shape index (κ3) is 5.02. The highest BCUT2D eigenvalue weighted by atomic mass is 32.2. The number of nitrogens with one attached hydrogen (secondary N) is 1. The van der Waals surface area contributed by atoms with Crippen LogP contribution in [0.4, 0.5) is 0 Å².